The summed E-state index contributed by atoms with van der Waals surface area (Å²) < 4.78 is 34.4. The Morgan fingerprint density at radius 2 is 1.91 bits per heavy atom. The fourth-order valence-electron chi connectivity index (χ4n) is 2.59. The molecule has 0 radical (unpaired) electrons. The van der Waals surface area contributed by atoms with Gasteiger partial charge >= 0.3 is 0 Å². The van der Waals surface area contributed by atoms with E-state index in [0.29, 0.717) is 16.6 Å². The monoisotopic (exact) mass is 367 g/mol. The molecule has 6 nitrogen and oxygen atoms in total. The van der Waals surface area contributed by atoms with Crippen molar-refractivity contribution in [2.24, 2.45) is 0 Å². The maximum atomic E-state index is 10.9. The van der Waals surface area contributed by atoms with Crippen molar-refractivity contribution in [3.8, 4) is 0 Å². The first-order valence-electron chi connectivity index (χ1n) is 6.65. The summed E-state index contributed by atoms with van der Waals surface area (Å²) in [6, 6.07) is 3.42. The largest absolute Gasteiger partial charge is 0.388 e. The van der Waals surface area contributed by atoms with Gasteiger partial charge in [0.1, 0.15) is 18.4 Å². The summed E-state index contributed by atoms with van der Waals surface area (Å²) in [5.41, 5.74) is 1.58. The molecule has 0 aliphatic rings. The minimum absolute atomic E-state index is 0.0209. The van der Waals surface area contributed by atoms with Gasteiger partial charge in [-0.2, -0.15) is 8.42 Å². The van der Waals surface area contributed by atoms with Crippen LogP contribution in [0.3, 0.4) is 0 Å². The lowest BCUT2D eigenvalue weighted by atomic mass is 10.3. The average Bonchev–Trinajstić information content (AvgIpc) is 2.61. The Labute approximate surface area is 138 Å². The van der Waals surface area contributed by atoms with Crippen LogP contribution in [0.4, 0.5) is 0 Å². The fourth-order valence-corrected chi connectivity index (χ4v) is 3.50. The molecule has 22 heavy (non-hydrogen) atoms. The first kappa shape index (κ1) is 17.5. The molecular weight excluding hydrogens is 351 g/mol. The molecule has 1 atom stereocenters. The zero-order valence-corrected chi connectivity index (χ0v) is 14.5. The number of nitrogens with zero attached hydrogens (tertiary/aromatic N) is 2. The molecule has 1 unspecified atom stereocenters. The van der Waals surface area contributed by atoms with E-state index < -0.39 is 22.0 Å². The summed E-state index contributed by atoms with van der Waals surface area (Å²) in [4.78, 5) is 0. The smallest absolute Gasteiger partial charge is 0.267 e. The van der Waals surface area contributed by atoms with Gasteiger partial charge < -0.3 is 5.11 Å². The van der Waals surface area contributed by atoms with Crippen molar-refractivity contribution < 1.29 is 22.6 Å². The minimum atomic E-state index is -4.24. The van der Waals surface area contributed by atoms with Gasteiger partial charge in [-0.05, 0) is 6.92 Å². The number of rotatable bonds is 5. The normalized spacial score (nSPS) is 13.7. The second-order valence-electron chi connectivity index (χ2n) is 5.06. The van der Waals surface area contributed by atoms with Crippen LogP contribution in [-0.2, 0) is 23.2 Å². The summed E-state index contributed by atoms with van der Waals surface area (Å²) in [7, 11) is -4.24. The van der Waals surface area contributed by atoms with Crippen LogP contribution >= 0.6 is 23.2 Å². The van der Waals surface area contributed by atoms with Crippen LogP contribution in [0.5, 0.6) is 0 Å². The molecule has 0 spiro atoms. The molecule has 2 rings (SSSR count). The molecule has 0 amide bonds. The van der Waals surface area contributed by atoms with E-state index in [0.717, 1.165) is 16.9 Å². The number of benzene rings is 1. The van der Waals surface area contributed by atoms with Crippen LogP contribution in [0.25, 0.3) is 11.0 Å². The number of aromatic nitrogens is 2. The number of aliphatic hydroxyl groups is 1. The van der Waals surface area contributed by atoms with Crippen molar-refractivity contribution >= 4 is 44.4 Å². The molecule has 0 bridgehead atoms. The van der Waals surface area contributed by atoms with Gasteiger partial charge in [-0.1, -0.05) is 23.2 Å². The third-order valence-electron chi connectivity index (χ3n) is 3.49. The van der Waals surface area contributed by atoms with E-state index in [1.54, 1.807) is 16.7 Å². The summed E-state index contributed by atoms with van der Waals surface area (Å²) in [6.07, 6.45) is -1.23. The summed E-state index contributed by atoms with van der Waals surface area (Å²) >= 11 is 12.1. The molecule has 2 aromatic rings. The standard InChI is InChI=1S/C13H16Cl2N2O4S/c1-3-16-8(2)17(6-9(18)7-22(19,20)21)13-5-11(15)10(14)4-12(13)16/h4-5,9,18H,3,6-7H2,1-2H3/p+1. The summed E-state index contributed by atoms with van der Waals surface area (Å²) in [5.74, 6) is 0.102. The van der Waals surface area contributed by atoms with Crippen LogP contribution in [0.15, 0.2) is 12.1 Å². The van der Waals surface area contributed by atoms with Crippen LogP contribution in [-0.4, -0.2) is 34.5 Å². The van der Waals surface area contributed by atoms with E-state index in [2.05, 4.69) is 0 Å². The molecule has 1 aromatic carbocycles. The molecule has 0 aliphatic heterocycles. The van der Waals surface area contributed by atoms with Crippen molar-refractivity contribution in [3.63, 3.8) is 0 Å². The molecule has 0 fully saturated rings. The second-order valence-corrected chi connectivity index (χ2v) is 7.37. The topological polar surface area (TPSA) is 83.4 Å². The van der Waals surface area contributed by atoms with Gasteiger partial charge in [0.15, 0.2) is 11.0 Å². The Kier molecular flexibility index (Phi) is 5.03. The first-order valence-corrected chi connectivity index (χ1v) is 9.01. The van der Waals surface area contributed by atoms with Crippen molar-refractivity contribution in [1.29, 1.82) is 0 Å². The lowest BCUT2D eigenvalue weighted by Gasteiger charge is -2.07. The predicted octanol–water partition coefficient (Wildman–Crippen LogP) is 1.81. The molecule has 1 heterocycles. The van der Waals surface area contributed by atoms with Crippen molar-refractivity contribution in [2.45, 2.75) is 33.0 Å². The number of aryl methyl sites for hydroxylation is 1. The van der Waals surface area contributed by atoms with Gasteiger partial charge in [-0.25, -0.2) is 9.13 Å². The first-order chi connectivity index (χ1) is 10.1. The van der Waals surface area contributed by atoms with Gasteiger partial charge in [0.2, 0.25) is 0 Å². The third-order valence-corrected chi connectivity index (χ3v) is 5.02. The number of hydrogen-bond acceptors (Lipinski definition) is 3. The second kappa shape index (κ2) is 6.33. The third kappa shape index (κ3) is 3.55. The highest BCUT2D eigenvalue weighted by Gasteiger charge is 2.25. The maximum absolute atomic E-state index is 10.9. The van der Waals surface area contributed by atoms with E-state index in [9.17, 15) is 13.5 Å². The molecule has 122 valence electrons. The van der Waals surface area contributed by atoms with Crippen LogP contribution < -0.4 is 4.57 Å². The van der Waals surface area contributed by atoms with Crippen LogP contribution in [0.1, 0.15) is 12.7 Å². The fraction of sp³-hybridized carbons (Fsp3) is 0.462. The van der Waals surface area contributed by atoms with E-state index in [1.165, 1.54) is 0 Å². The Bertz CT molecular complexity index is 817. The summed E-state index contributed by atoms with van der Waals surface area (Å²) in [6.45, 7) is 4.52. The summed E-state index contributed by atoms with van der Waals surface area (Å²) in [5, 5.41) is 10.7. The van der Waals surface area contributed by atoms with Gasteiger partial charge in [-0.15, -0.1) is 0 Å². The molecule has 1 aromatic heterocycles. The van der Waals surface area contributed by atoms with Crippen molar-refractivity contribution in [1.82, 2.24) is 4.57 Å². The van der Waals surface area contributed by atoms with E-state index in [1.807, 2.05) is 18.4 Å². The zero-order valence-electron chi connectivity index (χ0n) is 12.1. The maximum Gasteiger partial charge on any atom is 0.267 e. The Morgan fingerprint density at radius 1 is 1.32 bits per heavy atom. The molecule has 0 saturated carbocycles. The molecule has 2 N–H and O–H groups in total. The zero-order chi connectivity index (χ0) is 16.7. The highest BCUT2D eigenvalue weighted by Crippen LogP contribution is 2.27. The predicted molar refractivity (Wildman–Crippen MR) is 85.0 cm³/mol. The highest BCUT2D eigenvalue weighted by atomic mass is 35.5. The molecule has 9 heteroatoms. The Balaban J connectivity index is 2.53. The van der Waals surface area contributed by atoms with Gasteiger partial charge in [0.05, 0.1) is 16.6 Å². The van der Waals surface area contributed by atoms with E-state index in [4.69, 9.17) is 27.8 Å². The number of fused-ring (bicyclic) bond motifs is 1. The van der Waals surface area contributed by atoms with Crippen LogP contribution in [0.2, 0.25) is 10.0 Å². The molecule has 0 aliphatic carbocycles. The lowest BCUT2D eigenvalue weighted by molar-refractivity contribution is -0.684. The van der Waals surface area contributed by atoms with Crippen molar-refractivity contribution in [3.05, 3.63) is 28.0 Å². The molecule has 0 saturated heterocycles. The number of imidazole rings is 1. The van der Waals surface area contributed by atoms with E-state index >= 15 is 0 Å². The SMILES string of the molecule is CCn1c(C)[n+](CC(O)CS(=O)(=O)O)c2cc(Cl)c(Cl)cc21. The van der Waals surface area contributed by atoms with E-state index in [-0.39, 0.29) is 6.54 Å². The molecular formula is C13H17Cl2N2O4S+. The van der Waals surface area contributed by atoms with Crippen LogP contribution in [0, 0.1) is 6.92 Å². The Hall–Kier alpha value is -0.860. The van der Waals surface area contributed by atoms with Crippen molar-refractivity contribution in [2.75, 3.05) is 5.75 Å². The highest BCUT2D eigenvalue weighted by molar-refractivity contribution is 7.85. The number of hydrogen-bond donors (Lipinski definition) is 2. The number of halogens is 2. The number of aliphatic hydroxyl groups excluding tert-OH is 1. The van der Waals surface area contributed by atoms with Gasteiger partial charge in [0.25, 0.3) is 15.9 Å². The quantitative estimate of drug-likeness (QED) is 0.623. The lowest BCUT2D eigenvalue weighted by Crippen LogP contribution is -2.44. The van der Waals surface area contributed by atoms with Gasteiger partial charge in [0, 0.05) is 19.1 Å². The van der Waals surface area contributed by atoms with Gasteiger partial charge in [-0.3, -0.25) is 4.55 Å². The Morgan fingerprint density at radius 3 is 2.45 bits per heavy atom. The average molecular weight is 368 g/mol. The minimum Gasteiger partial charge on any atom is -0.388 e.